The molecule has 1 heterocycles. The van der Waals surface area contributed by atoms with Crippen LogP contribution in [0.1, 0.15) is 17.3 Å². The summed E-state index contributed by atoms with van der Waals surface area (Å²) in [6.07, 6.45) is 0. The monoisotopic (exact) mass is 362 g/mol. The molecule has 3 rings (SSSR count). The number of piperazine rings is 1. The second-order valence-electron chi connectivity index (χ2n) is 5.95. The van der Waals surface area contributed by atoms with E-state index in [0.29, 0.717) is 31.7 Å². The molecule has 0 spiro atoms. The van der Waals surface area contributed by atoms with Gasteiger partial charge in [0, 0.05) is 37.4 Å². The molecule has 0 bridgehead atoms. The lowest BCUT2D eigenvalue weighted by Gasteiger charge is -2.35. The molecule has 25 heavy (non-hydrogen) atoms. The Hall–Kier alpha value is -2.25. The number of hydrogen-bond acceptors (Lipinski definition) is 4. The van der Waals surface area contributed by atoms with Gasteiger partial charge in [-0.15, -0.1) is 0 Å². The molecule has 0 radical (unpaired) electrons. The van der Waals surface area contributed by atoms with E-state index >= 15 is 0 Å². The smallest absolute Gasteiger partial charge is 0.243 e. The normalized spacial score (nSPS) is 16.0. The maximum absolute atomic E-state index is 13.0. The molecule has 0 saturated carbocycles. The number of ketones is 1. The first kappa shape index (κ1) is 17.6. The molecule has 1 aliphatic rings. The highest BCUT2D eigenvalue weighted by atomic mass is 32.2. The van der Waals surface area contributed by atoms with Gasteiger partial charge in [-0.3, -0.25) is 4.79 Å². The second-order valence-corrected chi connectivity index (χ2v) is 7.89. The summed E-state index contributed by atoms with van der Waals surface area (Å²) < 4.78 is 39.7. The Kier molecular flexibility index (Phi) is 4.87. The molecule has 0 unspecified atom stereocenters. The first-order chi connectivity index (χ1) is 11.9. The van der Waals surface area contributed by atoms with Crippen molar-refractivity contribution in [2.75, 3.05) is 31.1 Å². The van der Waals surface area contributed by atoms with Crippen molar-refractivity contribution < 1.29 is 17.6 Å². The standard InChI is InChI=1S/C18H19FN2O3S/c1-14(22)15-3-2-4-17(13-15)20-9-11-21(12-10-20)25(23,24)18-7-5-16(19)6-8-18/h2-8,13H,9-12H2,1H3. The first-order valence-corrected chi connectivity index (χ1v) is 9.43. The van der Waals surface area contributed by atoms with E-state index in [4.69, 9.17) is 0 Å². The van der Waals surface area contributed by atoms with E-state index in [1.807, 2.05) is 18.2 Å². The second kappa shape index (κ2) is 6.93. The van der Waals surface area contributed by atoms with E-state index in [2.05, 4.69) is 4.90 Å². The van der Waals surface area contributed by atoms with Crippen molar-refractivity contribution >= 4 is 21.5 Å². The van der Waals surface area contributed by atoms with Gasteiger partial charge in [-0.05, 0) is 43.3 Å². The molecule has 132 valence electrons. The van der Waals surface area contributed by atoms with Gasteiger partial charge in [0.05, 0.1) is 4.90 Å². The lowest BCUT2D eigenvalue weighted by atomic mass is 10.1. The molecule has 0 aromatic heterocycles. The van der Waals surface area contributed by atoms with Crippen molar-refractivity contribution in [3.8, 4) is 0 Å². The van der Waals surface area contributed by atoms with Crippen LogP contribution in [0.5, 0.6) is 0 Å². The van der Waals surface area contributed by atoms with Crippen LogP contribution in [0.25, 0.3) is 0 Å². The van der Waals surface area contributed by atoms with Gasteiger partial charge in [0.25, 0.3) is 0 Å². The number of anilines is 1. The Morgan fingerprint density at radius 2 is 1.64 bits per heavy atom. The molecule has 0 N–H and O–H groups in total. The van der Waals surface area contributed by atoms with Crippen LogP contribution < -0.4 is 4.90 Å². The van der Waals surface area contributed by atoms with Crippen LogP contribution in [0.2, 0.25) is 0 Å². The highest BCUT2D eigenvalue weighted by Crippen LogP contribution is 2.22. The summed E-state index contributed by atoms with van der Waals surface area (Å²) in [6, 6.07) is 12.2. The van der Waals surface area contributed by atoms with Gasteiger partial charge < -0.3 is 4.90 Å². The maximum Gasteiger partial charge on any atom is 0.243 e. The number of halogens is 1. The topological polar surface area (TPSA) is 57.7 Å². The van der Waals surface area contributed by atoms with Gasteiger partial charge in [-0.2, -0.15) is 4.31 Å². The molecule has 7 heteroatoms. The summed E-state index contributed by atoms with van der Waals surface area (Å²) in [6.45, 7) is 3.25. The molecule has 0 amide bonds. The minimum Gasteiger partial charge on any atom is -0.369 e. The number of rotatable bonds is 4. The van der Waals surface area contributed by atoms with E-state index in [1.165, 1.54) is 23.4 Å². The van der Waals surface area contributed by atoms with Crippen LogP contribution in [0.15, 0.2) is 53.4 Å². The number of carbonyl (C=O) groups is 1. The molecule has 1 aliphatic heterocycles. The fraction of sp³-hybridized carbons (Fsp3) is 0.278. The average molecular weight is 362 g/mol. The van der Waals surface area contributed by atoms with Gasteiger partial charge in [-0.25, -0.2) is 12.8 Å². The van der Waals surface area contributed by atoms with Crippen LogP contribution in [0, 0.1) is 5.82 Å². The first-order valence-electron chi connectivity index (χ1n) is 7.99. The third-order valence-corrected chi connectivity index (χ3v) is 6.22. The molecule has 5 nitrogen and oxygen atoms in total. The molecular formula is C18H19FN2O3S. The van der Waals surface area contributed by atoms with Crippen LogP contribution >= 0.6 is 0 Å². The van der Waals surface area contributed by atoms with Gasteiger partial charge in [0.15, 0.2) is 5.78 Å². The summed E-state index contributed by atoms with van der Waals surface area (Å²) in [5, 5.41) is 0. The average Bonchev–Trinajstić information content (AvgIpc) is 2.62. The fourth-order valence-electron chi connectivity index (χ4n) is 2.86. The predicted octanol–water partition coefficient (Wildman–Crippen LogP) is 2.54. The van der Waals surface area contributed by atoms with Crippen molar-refractivity contribution in [2.45, 2.75) is 11.8 Å². The van der Waals surface area contributed by atoms with Crippen LogP contribution in [0.4, 0.5) is 10.1 Å². The molecule has 1 saturated heterocycles. The summed E-state index contributed by atoms with van der Waals surface area (Å²) in [5.41, 5.74) is 1.55. The van der Waals surface area contributed by atoms with Crippen LogP contribution in [-0.2, 0) is 10.0 Å². The SMILES string of the molecule is CC(=O)c1cccc(N2CCN(S(=O)(=O)c3ccc(F)cc3)CC2)c1. The lowest BCUT2D eigenvalue weighted by molar-refractivity contribution is 0.101. The minimum atomic E-state index is -3.62. The summed E-state index contributed by atoms with van der Waals surface area (Å²) >= 11 is 0. The van der Waals surface area contributed by atoms with Gasteiger partial charge in [0.2, 0.25) is 10.0 Å². The zero-order valence-electron chi connectivity index (χ0n) is 13.9. The fourth-order valence-corrected chi connectivity index (χ4v) is 4.29. The number of hydrogen-bond donors (Lipinski definition) is 0. The molecule has 0 aliphatic carbocycles. The Balaban J connectivity index is 1.72. The Bertz CT molecular complexity index is 873. The Morgan fingerprint density at radius 3 is 2.24 bits per heavy atom. The number of sulfonamides is 1. The molecular weight excluding hydrogens is 343 g/mol. The number of benzene rings is 2. The van der Waals surface area contributed by atoms with E-state index < -0.39 is 15.8 Å². The largest absolute Gasteiger partial charge is 0.369 e. The van der Waals surface area contributed by atoms with Crippen molar-refractivity contribution in [2.24, 2.45) is 0 Å². The zero-order chi connectivity index (χ0) is 18.0. The molecule has 1 fully saturated rings. The third kappa shape index (κ3) is 3.72. The number of carbonyl (C=O) groups excluding carboxylic acids is 1. The highest BCUT2D eigenvalue weighted by molar-refractivity contribution is 7.89. The summed E-state index contributed by atoms with van der Waals surface area (Å²) in [4.78, 5) is 13.7. The van der Waals surface area contributed by atoms with Crippen molar-refractivity contribution in [1.29, 1.82) is 0 Å². The van der Waals surface area contributed by atoms with Crippen molar-refractivity contribution in [3.63, 3.8) is 0 Å². The molecule has 0 atom stereocenters. The minimum absolute atomic E-state index is 0.000580. The number of Topliss-reactive ketones (excluding diaryl/α,β-unsaturated/α-hetero) is 1. The van der Waals surface area contributed by atoms with E-state index in [1.54, 1.807) is 6.07 Å². The predicted molar refractivity (Wildman–Crippen MR) is 93.8 cm³/mol. The van der Waals surface area contributed by atoms with E-state index in [0.717, 1.165) is 17.8 Å². The van der Waals surface area contributed by atoms with Crippen LogP contribution in [-0.4, -0.2) is 44.7 Å². The van der Waals surface area contributed by atoms with Gasteiger partial charge >= 0.3 is 0 Å². The van der Waals surface area contributed by atoms with Gasteiger partial charge in [-0.1, -0.05) is 12.1 Å². The van der Waals surface area contributed by atoms with Crippen molar-refractivity contribution in [3.05, 3.63) is 59.9 Å². The zero-order valence-corrected chi connectivity index (χ0v) is 14.7. The molecule has 2 aromatic carbocycles. The number of nitrogens with zero attached hydrogens (tertiary/aromatic N) is 2. The van der Waals surface area contributed by atoms with E-state index in [9.17, 15) is 17.6 Å². The maximum atomic E-state index is 13.0. The highest BCUT2D eigenvalue weighted by Gasteiger charge is 2.28. The van der Waals surface area contributed by atoms with Crippen LogP contribution in [0.3, 0.4) is 0 Å². The Morgan fingerprint density at radius 1 is 1.00 bits per heavy atom. The van der Waals surface area contributed by atoms with Gasteiger partial charge in [0.1, 0.15) is 5.82 Å². The third-order valence-electron chi connectivity index (χ3n) is 4.31. The molecule has 2 aromatic rings. The summed E-state index contributed by atoms with van der Waals surface area (Å²) in [5.74, 6) is -0.464. The summed E-state index contributed by atoms with van der Waals surface area (Å²) in [7, 11) is -3.62. The van der Waals surface area contributed by atoms with E-state index in [-0.39, 0.29) is 10.7 Å². The quantitative estimate of drug-likeness (QED) is 0.785. The Labute approximate surface area is 146 Å². The van der Waals surface area contributed by atoms with Crippen molar-refractivity contribution in [1.82, 2.24) is 4.31 Å². The lowest BCUT2D eigenvalue weighted by Crippen LogP contribution is -2.48.